The van der Waals surface area contributed by atoms with E-state index in [1.165, 1.54) is 43.6 Å². The highest BCUT2D eigenvalue weighted by Crippen LogP contribution is 2.15. The van der Waals surface area contributed by atoms with E-state index in [1.54, 1.807) is 4.90 Å². The Morgan fingerprint density at radius 3 is 2.53 bits per heavy atom. The lowest BCUT2D eigenvalue weighted by Crippen LogP contribution is -3.13. The van der Waals surface area contributed by atoms with Crippen LogP contribution in [-0.4, -0.2) is 19.6 Å². The van der Waals surface area contributed by atoms with E-state index in [0.29, 0.717) is 6.04 Å². The number of quaternary nitrogens is 2. The molecule has 1 aliphatic heterocycles. The van der Waals surface area contributed by atoms with Gasteiger partial charge in [-0.2, -0.15) is 0 Å². The fourth-order valence-electron chi connectivity index (χ4n) is 2.57. The van der Waals surface area contributed by atoms with Crippen LogP contribution in [0.1, 0.15) is 36.6 Å². The molecule has 1 aliphatic rings. The van der Waals surface area contributed by atoms with Gasteiger partial charge in [0.15, 0.2) is 6.04 Å². The largest absolute Gasteiger partial charge is 0.352 e. The van der Waals surface area contributed by atoms with Crippen molar-refractivity contribution in [3.8, 4) is 0 Å². The first-order chi connectivity index (χ1) is 7.42. The topological polar surface area (TPSA) is 32.1 Å². The molecule has 15 heavy (non-hydrogen) atoms. The Balaban J connectivity index is 2.04. The molecule has 0 aromatic carbocycles. The molecule has 1 aromatic rings. The van der Waals surface area contributed by atoms with Crippen molar-refractivity contribution in [2.24, 2.45) is 0 Å². The van der Waals surface area contributed by atoms with Gasteiger partial charge in [-0.15, -0.1) is 11.3 Å². The van der Waals surface area contributed by atoms with Gasteiger partial charge in [-0.1, -0.05) is 6.07 Å². The Morgan fingerprint density at radius 1 is 1.27 bits per heavy atom. The minimum Gasteiger partial charge on any atom is -0.352 e. The number of likely N-dealkylation sites (tertiary alicyclic amines) is 1. The van der Waals surface area contributed by atoms with Crippen molar-refractivity contribution in [3.05, 3.63) is 22.4 Å². The van der Waals surface area contributed by atoms with Crippen LogP contribution in [0, 0.1) is 0 Å². The van der Waals surface area contributed by atoms with Crippen molar-refractivity contribution in [1.29, 1.82) is 0 Å². The van der Waals surface area contributed by atoms with E-state index in [2.05, 4.69) is 23.2 Å². The highest BCUT2D eigenvalue weighted by molar-refractivity contribution is 7.10. The zero-order valence-electron chi connectivity index (χ0n) is 9.37. The molecule has 2 nitrogen and oxygen atoms in total. The van der Waals surface area contributed by atoms with Gasteiger partial charge in [0.2, 0.25) is 0 Å². The molecule has 2 rings (SSSR count). The number of hydrogen-bond donors (Lipinski definition) is 2. The molecule has 0 unspecified atom stereocenters. The van der Waals surface area contributed by atoms with Crippen molar-refractivity contribution in [1.82, 2.24) is 0 Å². The van der Waals surface area contributed by atoms with E-state index >= 15 is 0 Å². The van der Waals surface area contributed by atoms with E-state index in [-0.39, 0.29) is 0 Å². The van der Waals surface area contributed by atoms with Gasteiger partial charge in [-0.05, 0) is 37.1 Å². The first-order valence-electron chi connectivity index (χ1n) is 6.09. The van der Waals surface area contributed by atoms with Gasteiger partial charge in [0, 0.05) is 0 Å². The SMILES string of the molecule is [NH3+]C[C@H](c1cccs1)[NH+]1CCCCCC1. The van der Waals surface area contributed by atoms with Crippen molar-refractivity contribution in [2.75, 3.05) is 19.6 Å². The van der Waals surface area contributed by atoms with Crippen molar-refractivity contribution in [2.45, 2.75) is 31.7 Å². The summed E-state index contributed by atoms with van der Waals surface area (Å²) in [4.78, 5) is 3.30. The van der Waals surface area contributed by atoms with Gasteiger partial charge in [-0.25, -0.2) is 0 Å². The van der Waals surface area contributed by atoms with Crippen LogP contribution in [0.3, 0.4) is 0 Å². The number of hydrogen-bond acceptors (Lipinski definition) is 1. The molecule has 1 saturated heterocycles. The summed E-state index contributed by atoms with van der Waals surface area (Å²) in [6, 6.07) is 5.10. The predicted molar refractivity (Wildman–Crippen MR) is 64.0 cm³/mol. The fraction of sp³-hybridized carbons (Fsp3) is 0.667. The fourth-order valence-corrected chi connectivity index (χ4v) is 3.49. The van der Waals surface area contributed by atoms with Crippen LogP contribution in [0.15, 0.2) is 17.5 Å². The Morgan fingerprint density at radius 2 is 2.00 bits per heavy atom. The monoisotopic (exact) mass is 226 g/mol. The Hall–Kier alpha value is -0.380. The maximum absolute atomic E-state index is 4.13. The van der Waals surface area contributed by atoms with Gasteiger partial charge < -0.3 is 10.6 Å². The van der Waals surface area contributed by atoms with Gasteiger partial charge in [0.05, 0.1) is 18.0 Å². The zero-order chi connectivity index (χ0) is 10.5. The highest BCUT2D eigenvalue weighted by Gasteiger charge is 2.25. The second-order valence-electron chi connectivity index (χ2n) is 4.43. The molecule has 1 aromatic heterocycles. The van der Waals surface area contributed by atoms with Crippen LogP contribution < -0.4 is 10.6 Å². The molecule has 4 N–H and O–H groups in total. The summed E-state index contributed by atoms with van der Waals surface area (Å²) in [7, 11) is 0. The van der Waals surface area contributed by atoms with E-state index < -0.39 is 0 Å². The molecule has 0 saturated carbocycles. The first-order valence-corrected chi connectivity index (χ1v) is 6.97. The Bertz CT molecular complexity index is 263. The second-order valence-corrected chi connectivity index (χ2v) is 5.41. The smallest absolute Gasteiger partial charge is 0.172 e. The van der Waals surface area contributed by atoms with Crippen LogP contribution in [-0.2, 0) is 0 Å². The normalized spacial score (nSPS) is 21.1. The Kier molecular flexibility index (Phi) is 4.18. The molecule has 1 fully saturated rings. The van der Waals surface area contributed by atoms with Crippen molar-refractivity contribution >= 4 is 11.3 Å². The Labute approximate surface area is 96.1 Å². The third-order valence-corrected chi connectivity index (χ3v) is 4.40. The van der Waals surface area contributed by atoms with Crippen molar-refractivity contribution < 1.29 is 10.6 Å². The van der Waals surface area contributed by atoms with Crippen LogP contribution in [0.2, 0.25) is 0 Å². The number of nitrogens with one attached hydrogen (secondary N) is 1. The summed E-state index contributed by atoms with van der Waals surface area (Å²) >= 11 is 1.90. The molecule has 1 atom stereocenters. The quantitative estimate of drug-likeness (QED) is 0.752. The van der Waals surface area contributed by atoms with Crippen LogP contribution in [0.4, 0.5) is 0 Å². The molecular formula is C12H22N2S+2. The van der Waals surface area contributed by atoms with Crippen LogP contribution in [0.25, 0.3) is 0 Å². The zero-order valence-corrected chi connectivity index (χ0v) is 10.2. The van der Waals surface area contributed by atoms with Crippen molar-refractivity contribution in [3.63, 3.8) is 0 Å². The van der Waals surface area contributed by atoms with E-state index in [0.717, 1.165) is 6.54 Å². The molecule has 0 aliphatic carbocycles. The van der Waals surface area contributed by atoms with Gasteiger partial charge in [-0.3, -0.25) is 0 Å². The van der Waals surface area contributed by atoms with Crippen LogP contribution in [0.5, 0.6) is 0 Å². The minimum absolute atomic E-state index is 0.656. The molecule has 0 radical (unpaired) electrons. The summed E-state index contributed by atoms with van der Waals surface area (Å²) < 4.78 is 0. The lowest BCUT2D eigenvalue weighted by Gasteiger charge is -2.24. The predicted octanol–water partition coefficient (Wildman–Crippen LogP) is 0.490. The lowest BCUT2D eigenvalue weighted by molar-refractivity contribution is -0.936. The maximum Gasteiger partial charge on any atom is 0.172 e. The number of rotatable bonds is 3. The van der Waals surface area contributed by atoms with Gasteiger partial charge in [0.25, 0.3) is 0 Å². The summed E-state index contributed by atoms with van der Waals surface area (Å²) in [5, 5.41) is 2.19. The second kappa shape index (κ2) is 5.64. The summed E-state index contributed by atoms with van der Waals surface area (Å²) in [6.07, 6.45) is 5.66. The maximum atomic E-state index is 4.13. The van der Waals surface area contributed by atoms with E-state index in [1.807, 2.05) is 11.3 Å². The molecule has 84 valence electrons. The minimum atomic E-state index is 0.656. The van der Waals surface area contributed by atoms with E-state index in [4.69, 9.17) is 0 Å². The lowest BCUT2D eigenvalue weighted by atomic mass is 10.2. The average Bonchev–Trinajstić information content (AvgIpc) is 2.63. The molecular weight excluding hydrogens is 204 g/mol. The summed E-state index contributed by atoms with van der Waals surface area (Å²) in [5.41, 5.74) is 4.13. The summed E-state index contributed by atoms with van der Waals surface area (Å²) in [5.74, 6) is 0. The average molecular weight is 226 g/mol. The number of thiophene rings is 1. The molecule has 2 heterocycles. The molecule has 0 amide bonds. The molecule has 0 spiro atoms. The van der Waals surface area contributed by atoms with Crippen LogP contribution >= 0.6 is 11.3 Å². The molecule has 0 bridgehead atoms. The highest BCUT2D eigenvalue weighted by atomic mass is 32.1. The first kappa shape index (κ1) is 11.1. The third kappa shape index (κ3) is 2.80. The van der Waals surface area contributed by atoms with E-state index in [9.17, 15) is 0 Å². The molecule has 3 heteroatoms. The third-order valence-electron chi connectivity index (χ3n) is 3.41. The van der Waals surface area contributed by atoms with Gasteiger partial charge >= 0.3 is 0 Å². The summed E-state index contributed by atoms with van der Waals surface area (Å²) in [6.45, 7) is 3.73. The van der Waals surface area contributed by atoms with Gasteiger partial charge in [0.1, 0.15) is 6.54 Å². The standard InChI is InChI=1S/C12H20N2S/c13-10-11(12-6-5-9-15-12)14-7-3-1-2-4-8-14/h5-6,9,11H,1-4,7-8,10,13H2/p+2/t11-/m1/s1.